The molecule has 0 aliphatic rings. The molecule has 6 nitrogen and oxygen atoms in total. The van der Waals surface area contributed by atoms with Gasteiger partial charge >= 0.3 is 6.18 Å². The van der Waals surface area contributed by atoms with Crippen molar-refractivity contribution in [1.29, 1.82) is 0 Å². The van der Waals surface area contributed by atoms with E-state index in [1.807, 2.05) is 24.3 Å². The summed E-state index contributed by atoms with van der Waals surface area (Å²) in [6.45, 7) is 1.67. The summed E-state index contributed by atoms with van der Waals surface area (Å²) in [5.41, 5.74) is 1.72. The van der Waals surface area contributed by atoms with Gasteiger partial charge in [-0.3, -0.25) is 4.99 Å². The molecular weight excluding hydrogens is 524 g/mol. The molecule has 0 saturated heterocycles. The number of halogens is 4. The molecule has 1 aromatic heterocycles. The quantitative estimate of drug-likeness (QED) is 0.273. The zero-order valence-corrected chi connectivity index (χ0v) is 20.0. The van der Waals surface area contributed by atoms with Gasteiger partial charge < -0.3 is 20.1 Å². The van der Waals surface area contributed by atoms with E-state index in [0.717, 1.165) is 12.2 Å². The molecule has 0 radical (unpaired) electrons. The average Bonchev–Trinajstić information content (AvgIpc) is 2.74. The third-order valence-corrected chi connectivity index (χ3v) is 4.45. The zero-order valence-electron chi connectivity index (χ0n) is 17.7. The number of nitrogens with one attached hydrogen (secondary N) is 2. The van der Waals surface area contributed by atoms with Crippen LogP contribution < -0.4 is 20.1 Å². The number of guanidine groups is 1. The van der Waals surface area contributed by atoms with Gasteiger partial charge in [0.05, 0.1) is 7.11 Å². The first-order chi connectivity index (χ1) is 14.3. The second kappa shape index (κ2) is 13.2. The number of aromatic nitrogens is 1. The molecule has 0 fully saturated rings. The van der Waals surface area contributed by atoms with Crippen molar-refractivity contribution in [3.05, 3.63) is 53.7 Å². The Hall–Kier alpha value is -2.24. The highest BCUT2D eigenvalue weighted by atomic mass is 127. The Balaban J connectivity index is 0.00000480. The molecule has 10 heteroatoms. The normalized spacial score (nSPS) is 12.5. The Kier molecular flexibility index (Phi) is 11.4. The summed E-state index contributed by atoms with van der Waals surface area (Å²) in [5.74, 6) is 1.65. The molecule has 172 valence electrons. The summed E-state index contributed by atoms with van der Waals surface area (Å²) in [5, 5.41) is 6.28. The van der Waals surface area contributed by atoms with Crippen LogP contribution >= 0.6 is 24.0 Å². The van der Waals surface area contributed by atoms with Crippen LogP contribution in [-0.2, 0) is 6.54 Å². The number of hydrogen-bond donors (Lipinski definition) is 2. The van der Waals surface area contributed by atoms with Gasteiger partial charge in [0.2, 0.25) is 5.88 Å². The van der Waals surface area contributed by atoms with Crippen molar-refractivity contribution >= 4 is 29.9 Å². The second-order valence-electron chi connectivity index (χ2n) is 6.69. The van der Waals surface area contributed by atoms with E-state index in [1.54, 1.807) is 26.3 Å². The van der Waals surface area contributed by atoms with Crippen molar-refractivity contribution in [2.75, 3.05) is 27.3 Å². The fourth-order valence-corrected chi connectivity index (χ4v) is 2.74. The van der Waals surface area contributed by atoms with Gasteiger partial charge in [-0.1, -0.05) is 25.1 Å². The fourth-order valence-electron chi connectivity index (χ4n) is 2.74. The number of methoxy groups -OCH3 is 1. The van der Waals surface area contributed by atoms with Gasteiger partial charge in [0, 0.05) is 31.9 Å². The topological polar surface area (TPSA) is 67.8 Å². The largest absolute Gasteiger partial charge is 0.497 e. The molecule has 0 amide bonds. The summed E-state index contributed by atoms with van der Waals surface area (Å²) in [6, 6.07) is 11.3. The third kappa shape index (κ3) is 9.62. The van der Waals surface area contributed by atoms with Crippen LogP contribution in [0.25, 0.3) is 0 Å². The Morgan fingerprint density at radius 1 is 1.16 bits per heavy atom. The van der Waals surface area contributed by atoms with Crippen LogP contribution in [0.15, 0.2) is 47.6 Å². The number of alkyl halides is 3. The lowest BCUT2D eigenvalue weighted by Crippen LogP contribution is -2.37. The van der Waals surface area contributed by atoms with Crippen LogP contribution in [0.1, 0.15) is 30.4 Å². The minimum atomic E-state index is -4.42. The van der Waals surface area contributed by atoms with Gasteiger partial charge in [-0.15, -0.1) is 24.0 Å². The molecule has 2 N–H and O–H groups in total. The van der Waals surface area contributed by atoms with E-state index in [2.05, 4.69) is 27.5 Å². The SMILES string of the molecule is CN=C(NCCC(C)c1ccc(OC)cc1)NCc1cccnc1OCC(F)(F)F.I. The van der Waals surface area contributed by atoms with Crippen LogP contribution in [-0.4, -0.2) is 44.4 Å². The van der Waals surface area contributed by atoms with Gasteiger partial charge in [-0.25, -0.2) is 4.98 Å². The van der Waals surface area contributed by atoms with E-state index in [0.29, 0.717) is 24.0 Å². The maximum Gasteiger partial charge on any atom is 0.422 e. The summed E-state index contributed by atoms with van der Waals surface area (Å²) in [6.07, 6.45) is -2.15. The third-order valence-electron chi connectivity index (χ3n) is 4.45. The first kappa shape index (κ1) is 26.8. The average molecular weight is 552 g/mol. The van der Waals surface area contributed by atoms with Crippen LogP contribution in [0.3, 0.4) is 0 Å². The molecule has 1 heterocycles. The van der Waals surface area contributed by atoms with E-state index in [4.69, 9.17) is 9.47 Å². The summed E-state index contributed by atoms with van der Waals surface area (Å²) in [7, 11) is 3.27. The lowest BCUT2D eigenvalue weighted by molar-refractivity contribution is -0.154. The Bertz CT molecular complexity index is 817. The first-order valence-electron chi connectivity index (χ1n) is 9.54. The molecular formula is C21H28F3IN4O2. The van der Waals surface area contributed by atoms with Crippen molar-refractivity contribution in [3.63, 3.8) is 0 Å². The molecule has 2 aromatic rings. The molecule has 0 bridgehead atoms. The molecule has 0 spiro atoms. The lowest BCUT2D eigenvalue weighted by Gasteiger charge is -2.16. The van der Waals surface area contributed by atoms with Gasteiger partial charge in [0.1, 0.15) is 5.75 Å². The van der Waals surface area contributed by atoms with Crippen molar-refractivity contribution in [3.8, 4) is 11.6 Å². The Morgan fingerprint density at radius 3 is 2.48 bits per heavy atom. The fraction of sp³-hybridized carbons (Fsp3) is 0.429. The van der Waals surface area contributed by atoms with Gasteiger partial charge in [-0.2, -0.15) is 13.2 Å². The Morgan fingerprint density at radius 2 is 1.87 bits per heavy atom. The molecule has 0 saturated carbocycles. The summed E-state index contributed by atoms with van der Waals surface area (Å²) >= 11 is 0. The first-order valence-corrected chi connectivity index (χ1v) is 9.54. The van der Waals surface area contributed by atoms with Crippen molar-refractivity contribution in [1.82, 2.24) is 15.6 Å². The second-order valence-corrected chi connectivity index (χ2v) is 6.69. The van der Waals surface area contributed by atoms with E-state index in [9.17, 15) is 13.2 Å². The maximum absolute atomic E-state index is 12.4. The molecule has 1 aromatic carbocycles. The highest BCUT2D eigenvalue weighted by Gasteiger charge is 2.29. The molecule has 31 heavy (non-hydrogen) atoms. The molecule has 1 atom stereocenters. The van der Waals surface area contributed by atoms with Gasteiger partial charge in [-0.05, 0) is 36.1 Å². The van der Waals surface area contributed by atoms with Gasteiger partial charge in [0.15, 0.2) is 12.6 Å². The highest BCUT2D eigenvalue weighted by molar-refractivity contribution is 14.0. The van der Waals surface area contributed by atoms with Crippen LogP contribution in [0, 0.1) is 0 Å². The minimum absolute atomic E-state index is 0. The molecule has 0 aliphatic heterocycles. The van der Waals surface area contributed by atoms with E-state index in [-0.39, 0.29) is 36.4 Å². The highest BCUT2D eigenvalue weighted by Crippen LogP contribution is 2.22. The predicted octanol–water partition coefficient (Wildman–Crippen LogP) is 4.51. The smallest absolute Gasteiger partial charge is 0.422 e. The van der Waals surface area contributed by atoms with Crippen LogP contribution in [0.5, 0.6) is 11.6 Å². The van der Waals surface area contributed by atoms with Gasteiger partial charge in [0.25, 0.3) is 0 Å². The lowest BCUT2D eigenvalue weighted by atomic mass is 9.98. The number of benzene rings is 1. The zero-order chi connectivity index (χ0) is 22.0. The van der Waals surface area contributed by atoms with Crippen molar-refractivity contribution in [2.24, 2.45) is 4.99 Å². The standard InChI is InChI=1S/C21H27F3N4O2.HI/c1-15(16-6-8-18(29-3)9-7-16)10-12-27-20(25-2)28-13-17-5-4-11-26-19(17)30-14-21(22,23)24;/h4-9,11,15H,10,12-14H2,1-3H3,(H2,25,27,28);1H. The summed E-state index contributed by atoms with van der Waals surface area (Å²) < 4.78 is 47.2. The predicted molar refractivity (Wildman–Crippen MR) is 125 cm³/mol. The van der Waals surface area contributed by atoms with Crippen molar-refractivity contribution in [2.45, 2.75) is 32.0 Å². The van der Waals surface area contributed by atoms with E-state index >= 15 is 0 Å². The number of aliphatic imine (C=N–C) groups is 1. The minimum Gasteiger partial charge on any atom is -0.497 e. The maximum atomic E-state index is 12.4. The molecule has 1 unspecified atom stereocenters. The number of ether oxygens (including phenoxy) is 2. The van der Waals surface area contributed by atoms with Crippen LogP contribution in [0.4, 0.5) is 13.2 Å². The van der Waals surface area contributed by atoms with E-state index in [1.165, 1.54) is 11.8 Å². The monoisotopic (exact) mass is 552 g/mol. The van der Waals surface area contributed by atoms with Crippen LogP contribution in [0.2, 0.25) is 0 Å². The Labute approximate surface area is 197 Å². The number of pyridine rings is 1. The number of hydrogen-bond acceptors (Lipinski definition) is 4. The number of rotatable bonds is 9. The van der Waals surface area contributed by atoms with E-state index < -0.39 is 12.8 Å². The number of nitrogens with zero attached hydrogens (tertiary/aromatic N) is 2. The molecule has 2 rings (SSSR count). The molecule has 0 aliphatic carbocycles. The summed E-state index contributed by atoms with van der Waals surface area (Å²) in [4.78, 5) is 8.03. The van der Waals surface area contributed by atoms with Crippen molar-refractivity contribution < 1.29 is 22.6 Å².